The average molecular weight is 416 g/mol. The lowest BCUT2D eigenvalue weighted by molar-refractivity contribution is 0.0758. The second-order valence-corrected chi connectivity index (χ2v) is 9.10. The smallest absolute Gasteiger partial charge is 0.253 e. The number of halogens is 1. The molecule has 0 spiro atoms. The molecule has 2 heterocycles. The fourth-order valence-electron chi connectivity index (χ4n) is 4.11. The monoisotopic (exact) mass is 415 g/mol. The van der Waals surface area contributed by atoms with Crippen LogP contribution in [0.3, 0.4) is 0 Å². The lowest BCUT2D eigenvalue weighted by Crippen LogP contribution is -2.33. The Morgan fingerprint density at radius 1 is 1.15 bits per heavy atom. The maximum Gasteiger partial charge on any atom is 0.253 e. The van der Waals surface area contributed by atoms with E-state index in [1.807, 2.05) is 18.7 Å². The van der Waals surface area contributed by atoms with Gasteiger partial charge in [-0.2, -0.15) is 4.31 Å². The number of fused-ring (bicyclic) bond motifs is 1. The van der Waals surface area contributed by atoms with Gasteiger partial charge in [0.15, 0.2) is 0 Å². The maximum atomic E-state index is 13.0. The second kappa shape index (κ2) is 9.37. The predicted octanol–water partition coefficient (Wildman–Crippen LogP) is 2.21. The van der Waals surface area contributed by atoms with E-state index in [4.69, 9.17) is 0 Å². The van der Waals surface area contributed by atoms with Crippen LogP contribution in [0.4, 0.5) is 0 Å². The van der Waals surface area contributed by atoms with Crippen LogP contribution in [0, 0.1) is 11.8 Å². The molecule has 0 radical (unpaired) electrons. The summed E-state index contributed by atoms with van der Waals surface area (Å²) >= 11 is 0. The van der Waals surface area contributed by atoms with Crippen molar-refractivity contribution >= 4 is 28.3 Å². The van der Waals surface area contributed by atoms with Crippen LogP contribution in [0.25, 0.3) is 0 Å². The fourth-order valence-corrected chi connectivity index (χ4v) is 5.61. The zero-order chi connectivity index (χ0) is 18.7. The summed E-state index contributed by atoms with van der Waals surface area (Å²) in [5.74, 6) is 1.25. The molecular formula is C19H30ClN3O3S. The number of carbonyl (C=O) groups excluding carboxylic acids is 1. The number of hydrogen-bond donors (Lipinski definition) is 1. The Hall–Kier alpha value is -1.15. The Balaban J connectivity index is 0.00000261. The fraction of sp³-hybridized carbons (Fsp3) is 0.632. The summed E-state index contributed by atoms with van der Waals surface area (Å²) in [5.41, 5.74) is 0.461. The van der Waals surface area contributed by atoms with Crippen molar-refractivity contribution in [3.63, 3.8) is 0 Å². The lowest BCUT2D eigenvalue weighted by Gasteiger charge is -2.22. The maximum absolute atomic E-state index is 13.0. The predicted molar refractivity (Wildman–Crippen MR) is 109 cm³/mol. The third-order valence-corrected chi connectivity index (χ3v) is 7.78. The van der Waals surface area contributed by atoms with Crippen molar-refractivity contribution in [2.45, 2.75) is 31.6 Å². The molecule has 0 bridgehead atoms. The van der Waals surface area contributed by atoms with Gasteiger partial charge in [-0.05, 0) is 56.0 Å². The van der Waals surface area contributed by atoms with Crippen LogP contribution in [-0.2, 0) is 10.0 Å². The lowest BCUT2D eigenvalue weighted by atomic mass is 9.92. The molecule has 2 fully saturated rings. The van der Waals surface area contributed by atoms with Crippen LogP contribution in [0.5, 0.6) is 0 Å². The summed E-state index contributed by atoms with van der Waals surface area (Å²) < 4.78 is 26.9. The van der Waals surface area contributed by atoms with E-state index < -0.39 is 10.0 Å². The van der Waals surface area contributed by atoms with Gasteiger partial charge >= 0.3 is 0 Å². The van der Waals surface area contributed by atoms with Crippen molar-refractivity contribution in [1.82, 2.24) is 14.5 Å². The number of nitrogens with one attached hydrogen (secondary N) is 1. The van der Waals surface area contributed by atoms with Crippen LogP contribution in [0.15, 0.2) is 29.2 Å². The van der Waals surface area contributed by atoms with Gasteiger partial charge in [0.2, 0.25) is 10.0 Å². The molecule has 1 N–H and O–H groups in total. The molecule has 27 heavy (non-hydrogen) atoms. The van der Waals surface area contributed by atoms with Gasteiger partial charge in [0.05, 0.1) is 4.90 Å². The third-order valence-electron chi connectivity index (χ3n) is 5.73. The first kappa shape index (κ1) is 22.1. The van der Waals surface area contributed by atoms with Crippen LogP contribution in [-0.4, -0.2) is 62.8 Å². The molecule has 1 amide bonds. The molecule has 0 saturated carbocycles. The summed E-state index contributed by atoms with van der Waals surface area (Å²) in [6.07, 6.45) is 2.03. The van der Waals surface area contributed by atoms with Gasteiger partial charge in [0.1, 0.15) is 0 Å². The highest BCUT2D eigenvalue weighted by molar-refractivity contribution is 7.89. The first-order valence-corrected chi connectivity index (χ1v) is 11.0. The first-order chi connectivity index (χ1) is 12.5. The van der Waals surface area contributed by atoms with Crippen LogP contribution in [0.2, 0.25) is 0 Å². The van der Waals surface area contributed by atoms with Gasteiger partial charge in [0.25, 0.3) is 5.91 Å². The van der Waals surface area contributed by atoms with Crippen LogP contribution in [0.1, 0.15) is 37.0 Å². The number of nitrogens with zero attached hydrogens (tertiary/aromatic N) is 2. The SMILES string of the molecule is CCN(CC)S(=O)(=O)c1cccc(C(=O)N2CC[C@@H]3CNC[C@@H]3CC2)c1.Cl. The standard InChI is InChI=1S/C19H29N3O3S.ClH/c1-3-22(4-2)26(24,25)18-7-5-6-15(12-18)19(23)21-10-8-16-13-20-14-17(16)9-11-21;/h5-7,12,16-17,20H,3-4,8-11,13-14H2,1-2H3;1H/t16-,17+;. The number of benzene rings is 1. The van der Waals surface area contributed by atoms with Gasteiger partial charge < -0.3 is 10.2 Å². The Kier molecular flexibility index (Phi) is 7.68. The molecule has 0 aromatic heterocycles. The van der Waals surface area contributed by atoms with Crippen molar-refractivity contribution in [3.05, 3.63) is 29.8 Å². The molecule has 1 aromatic rings. The van der Waals surface area contributed by atoms with E-state index in [1.54, 1.807) is 18.2 Å². The molecule has 2 aliphatic rings. The van der Waals surface area contributed by atoms with E-state index in [0.717, 1.165) is 39.0 Å². The normalized spacial score (nSPS) is 22.9. The van der Waals surface area contributed by atoms with Crippen LogP contribution < -0.4 is 5.32 Å². The van der Waals surface area contributed by atoms with E-state index in [-0.39, 0.29) is 23.2 Å². The van der Waals surface area contributed by atoms with Gasteiger partial charge in [-0.3, -0.25) is 4.79 Å². The Morgan fingerprint density at radius 3 is 2.30 bits per heavy atom. The number of rotatable bonds is 5. The summed E-state index contributed by atoms with van der Waals surface area (Å²) in [4.78, 5) is 15.0. The second-order valence-electron chi connectivity index (χ2n) is 7.17. The number of likely N-dealkylation sites (tertiary alicyclic amines) is 1. The van der Waals surface area contributed by atoms with E-state index >= 15 is 0 Å². The van der Waals surface area contributed by atoms with E-state index in [1.165, 1.54) is 10.4 Å². The average Bonchev–Trinajstić information content (AvgIpc) is 3.00. The van der Waals surface area contributed by atoms with E-state index in [0.29, 0.717) is 30.5 Å². The molecule has 2 aliphatic heterocycles. The van der Waals surface area contributed by atoms with Crippen LogP contribution >= 0.6 is 12.4 Å². The largest absolute Gasteiger partial charge is 0.339 e. The van der Waals surface area contributed by atoms with Gasteiger partial charge in [-0.1, -0.05) is 19.9 Å². The molecule has 1 aromatic carbocycles. The number of hydrogen-bond acceptors (Lipinski definition) is 4. The molecular weight excluding hydrogens is 386 g/mol. The van der Waals surface area contributed by atoms with Gasteiger partial charge in [-0.15, -0.1) is 12.4 Å². The molecule has 152 valence electrons. The van der Waals surface area contributed by atoms with Crippen molar-refractivity contribution in [1.29, 1.82) is 0 Å². The van der Waals surface area contributed by atoms with Crippen molar-refractivity contribution in [3.8, 4) is 0 Å². The van der Waals surface area contributed by atoms with Crippen molar-refractivity contribution in [2.75, 3.05) is 39.3 Å². The summed E-state index contributed by atoms with van der Waals surface area (Å²) in [6.45, 7) is 8.05. The summed E-state index contributed by atoms with van der Waals surface area (Å²) in [7, 11) is -3.55. The zero-order valence-electron chi connectivity index (χ0n) is 16.1. The van der Waals surface area contributed by atoms with Gasteiger partial charge in [0, 0.05) is 31.7 Å². The topological polar surface area (TPSA) is 69.7 Å². The molecule has 0 unspecified atom stereocenters. The Labute approximate surface area is 168 Å². The quantitative estimate of drug-likeness (QED) is 0.800. The minimum atomic E-state index is -3.55. The minimum Gasteiger partial charge on any atom is -0.339 e. The molecule has 6 nitrogen and oxygen atoms in total. The zero-order valence-corrected chi connectivity index (χ0v) is 17.7. The number of amides is 1. The minimum absolute atomic E-state index is 0. The van der Waals surface area contributed by atoms with E-state index in [2.05, 4.69) is 5.32 Å². The summed E-state index contributed by atoms with van der Waals surface area (Å²) in [6, 6.07) is 6.49. The van der Waals surface area contributed by atoms with E-state index in [9.17, 15) is 13.2 Å². The first-order valence-electron chi connectivity index (χ1n) is 9.57. The van der Waals surface area contributed by atoms with Gasteiger partial charge in [-0.25, -0.2) is 8.42 Å². The number of sulfonamides is 1. The Morgan fingerprint density at radius 2 is 1.74 bits per heavy atom. The highest BCUT2D eigenvalue weighted by Crippen LogP contribution is 2.28. The third kappa shape index (κ3) is 4.65. The highest BCUT2D eigenvalue weighted by Gasteiger charge is 2.32. The molecule has 2 saturated heterocycles. The number of carbonyl (C=O) groups is 1. The highest BCUT2D eigenvalue weighted by atomic mass is 35.5. The Bertz CT molecular complexity index is 738. The molecule has 8 heteroatoms. The van der Waals surface area contributed by atoms with Crippen molar-refractivity contribution in [2.24, 2.45) is 11.8 Å². The summed E-state index contributed by atoms with van der Waals surface area (Å²) in [5, 5.41) is 3.44. The van der Waals surface area contributed by atoms with Crippen molar-refractivity contribution < 1.29 is 13.2 Å². The molecule has 2 atom stereocenters. The molecule has 3 rings (SSSR count). The molecule has 0 aliphatic carbocycles.